The van der Waals surface area contributed by atoms with Crippen molar-refractivity contribution in [1.29, 1.82) is 0 Å². The number of aliphatic hydroxyl groups excluding tert-OH is 1. The monoisotopic (exact) mass is 406 g/mol. The Labute approximate surface area is 164 Å². The molecular weight excluding hydrogens is 368 g/mol. The highest BCUT2D eigenvalue weighted by Crippen LogP contribution is 2.33. The van der Waals surface area contributed by atoms with E-state index in [1.165, 1.54) is 31.0 Å². The molecule has 5 nitrogen and oxygen atoms in total. The van der Waals surface area contributed by atoms with Gasteiger partial charge in [0.2, 0.25) is 0 Å². The lowest BCUT2D eigenvalue weighted by Crippen LogP contribution is -2.59. The van der Waals surface area contributed by atoms with Crippen LogP contribution in [0, 0.1) is 11.8 Å². The summed E-state index contributed by atoms with van der Waals surface area (Å²) in [7, 11) is -2.92. The molecule has 1 aliphatic heterocycles. The number of hydrogen-bond donors (Lipinski definition) is 1. The lowest BCUT2D eigenvalue weighted by Gasteiger charge is -2.40. The maximum Gasteiger partial charge on any atom is 0.515 e. The molecule has 0 aromatic heterocycles. The normalized spacial score (nSPS) is 25.8. The van der Waals surface area contributed by atoms with Crippen molar-refractivity contribution in [2.24, 2.45) is 11.8 Å². The summed E-state index contributed by atoms with van der Waals surface area (Å²) in [5, 5.41) is 9.50. The van der Waals surface area contributed by atoms with Gasteiger partial charge in [-0.3, -0.25) is 4.79 Å². The van der Waals surface area contributed by atoms with E-state index in [0.29, 0.717) is 32.2 Å². The lowest BCUT2D eigenvalue weighted by atomic mass is 10.1. The first kappa shape index (κ1) is 24.1. The van der Waals surface area contributed by atoms with Crippen molar-refractivity contribution in [3.05, 3.63) is 0 Å². The van der Waals surface area contributed by atoms with Gasteiger partial charge in [0.25, 0.3) is 0 Å². The predicted octanol–water partition coefficient (Wildman–Crippen LogP) is 4.19. The van der Waals surface area contributed by atoms with E-state index in [-0.39, 0.29) is 22.5 Å². The summed E-state index contributed by atoms with van der Waals surface area (Å²) in [5.41, 5.74) is 0. The van der Waals surface area contributed by atoms with Crippen LogP contribution in [0.2, 0.25) is 0 Å². The van der Waals surface area contributed by atoms with E-state index in [0.717, 1.165) is 19.3 Å². The van der Waals surface area contributed by atoms with Crippen LogP contribution in [0.3, 0.4) is 0 Å². The zero-order valence-corrected chi connectivity index (χ0v) is 18.8. The van der Waals surface area contributed by atoms with E-state index in [1.807, 2.05) is 6.92 Å². The standard InChI is InChI=1S/C19H38O5SSi/c1-5-7-8-9-10-11-18(21)25-19(6-2)26(22-13-16(3)12-20)23-14-17(4)15-24-26/h16-17,19-20H,5-15H2,1-4H3. The SMILES string of the molecule is CCCCCCCC(=O)SC(CC)[Si]1(OCC(C)CO)OCC(C)CO1. The summed E-state index contributed by atoms with van der Waals surface area (Å²) < 4.78 is 18.4. The largest absolute Gasteiger partial charge is 0.515 e. The number of aliphatic hydroxyl groups is 1. The Morgan fingerprint density at radius 3 is 2.46 bits per heavy atom. The molecule has 0 spiro atoms. The van der Waals surface area contributed by atoms with Crippen molar-refractivity contribution in [2.75, 3.05) is 26.4 Å². The fourth-order valence-corrected chi connectivity index (χ4v) is 7.96. The third-order valence-electron chi connectivity index (χ3n) is 4.54. The quantitative estimate of drug-likeness (QED) is 0.365. The van der Waals surface area contributed by atoms with Crippen LogP contribution in [0.5, 0.6) is 0 Å². The maximum absolute atomic E-state index is 12.5. The zero-order chi connectivity index (χ0) is 19.4. The second-order valence-electron chi connectivity index (χ2n) is 7.48. The van der Waals surface area contributed by atoms with Crippen LogP contribution < -0.4 is 0 Å². The second-order valence-corrected chi connectivity index (χ2v) is 11.9. The third kappa shape index (κ3) is 8.40. The molecule has 1 rings (SSSR count). The summed E-state index contributed by atoms with van der Waals surface area (Å²) in [6.07, 6.45) is 7.12. The minimum Gasteiger partial charge on any atom is -0.396 e. The number of rotatable bonds is 13. The number of carbonyl (C=O) groups excluding carboxylic acids is 1. The van der Waals surface area contributed by atoms with E-state index in [9.17, 15) is 9.90 Å². The topological polar surface area (TPSA) is 65.0 Å². The Kier molecular flexibility index (Phi) is 12.3. The molecule has 0 aromatic rings. The Morgan fingerprint density at radius 1 is 1.23 bits per heavy atom. The Hall–Kier alpha value is 0.0769. The van der Waals surface area contributed by atoms with Crippen molar-refractivity contribution in [3.63, 3.8) is 0 Å². The molecule has 0 amide bonds. The average molecular weight is 407 g/mol. The van der Waals surface area contributed by atoms with Crippen LogP contribution in [0.15, 0.2) is 0 Å². The van der Waals surface area contributed by atoms with Crippen molar-refractivity contribution < 1.29 is 23.2 Å². The molecule has 1 heterocycles. The van der Waals surface area contributed by atoms with E-state index < -0.39 is 8.80 Å². The maximum atomic E-state index is 12.5. The van der Waals surface area contributed by atoms with Crippen molar-refractivity contribution in [2.45, 2.75) is 77.5 Å². The molecule has 0 aliphatic carbocycles. The molecule has 0 radical (unpaired) electrons. The highest BCUT2D eigenvalue weighted by molar-refractivity contribution is 8.15. The lowest BCUT2D eigenvalue weighted by molar-refractivity contribution is -0.111. The molecule has 1 saturated heterocycles. The Bertz CT molecular complexity index is 388. The van der Waals surface area contributed by atoms with Gasteiger partial charge in [0.1, 0.15) is 0 Å². The fourth-order valence-electron chi connectivity index (χ4n) is 2.78. The summed E-state index contributed by atoms with van der Waals surface area (Å²) in [6.45, 7) is 9.97. The van der Waals surface area contributed by atoms with E-state index in [1.54, 1.807) is 0 Å². The first-order valence-corrected chi connectivity index (χ1v) is 12.9. The number of carbonyl (C=O) groups is 1. The van der Waals surface area contributed by atoms with Crippen LogP contribution in [0.25, 0.3) is 0 Å². The Balaban J connectivity index is 2.61. The van der Waals surface area contributed by atoms with Crippen molar-refractivity contribution in [1.82, 2.24) is 0 Å². The Morgan fingerprint density at radius 2 is 1.88 bits per heavy atom. The molecule has 2 unspecified atom stereocenters. The molecule has 0 aromatic carbocycles. The first-order chi connectivity index (χ1) is 12.5. The molecule has 26 heavy (non-hydrogen) atoms. The van der Waals surface area contributed by atoms with E-state index in [4.69, 9.17) is 13.3 Å². The van der Waals surface area contributed by atoms with Gasteiger partial charge in [0, 0.05) is 44.7 Å². The van der Waals surface area contributed by atoms with Gasteiger partial charge >= 0.3 is 8.80 Å². The highest BCUT2D eigenvalue weighted by atomic mass is 32.2. The van der Waals surface area contributed by atoms with Gasteiger partial charge < -0.3 is 18.4 Å². The number of hydrogen-bond acceptors (Lipinski definition) is 6. The van der Waals surface area contributed by atoms with Gasteiger partial charge in [-0.15, -0.1) is 0 Å². The van der Waals surface area contributed by atoms with Gasteiger partial charge in [0.05, 0.1) is 4.87 Å². The van der Waals surface area contributed by atoms with Crippen molar-refractivity contribution in [3.8, 4) is 0 Å². The van der Waals surface area contributed by atoms with Gasteiger partial charge in [-0.05, 0) is 12.8 Å². The number of unbranched alkanes of at least 4 members (excludes halogenated alkanes) is 4. The van der Waals surface area contributed by atoms with Crippen LogP contribution >= 0.6 is 11.8 Å². The van der Waals surface area contributed by atoms with Gasteiger partial charge in [0.15, 0.2) is 5.12 Å². The van der Waals surface area contributed by atoms with E-state index in [2.05, 4.69) is 20.8 Å². The molecule has 0 saturated carbocycles. The van der Waals surface area contributed by atoms with Crippen LogP contribution in [-0.2, 0) is 18.1 Å². The predicted molar refractivity (Wildman–Crippen MR) is 109 cm³/mol. The number of thioether (sulfide) groups is 1. The smallest absolute Gasteiger partial charge is 0.396 e. The van der Waals surface area contributed by atoms with Crippen LogP contribution in [0.1, 0.15) is 72.6 Å². The van der Waals surface area contributed by atoms with Gasteiger partial charge in [-0.2, -0.15) is 0 Å². The van der Waals surface area contributed by atoms with Crippen molar-refractivity contribution >= 4 is 25.7 Å². The van der Waals surface area contributed by atoms with Gasteiger partial charge in [-0.25, -0.2) is 0 Å². The molecule has 7 heteroatoms. The van der Waals surface area contributed by atoms with Crippen LogP contribution in [0.4, 0.5) is 0 Å². The minimum atomic E-state index is -2.92. The molecule has 1 N–H and O–H groups in total. The minimum absolute atomic E-state index is 0.0303. The highest BCUT2D eigenvalue weighted by Gasteiger charge is 2.52. The van der Waals surface area contributed by atoms with Crippen LogP contribution in [-0.4, -0.2) is 50.3 Å². The molecule has 1 fully saturated rings. The average Bonchev–Trinajstić information content (AvgIpc) is 2.65. The molecule has 154 valence electrons. The summed E-state index contributed by atoms with van der Waals surface area (Å²) >= 11 is 1.36. The van der Waals surface area contributed by atoms with E-state index >= 15 is 0 Å². The first-order valence-electron chi connectivity index (χ1n) is 10.2. The van der Waals surface area contributed by atoms with Gasteiger partial charge in [-0.1, -0.05) is 65.1 Å². The second kappa shape index (κ2) is 13.3. The zero-order valence-electron chi connectivity index (χ0n) is 17.0. The molecule has 1 aliphatic rings. The third-order valence-corrected chi connectivity index (χ3v) is 9.75. The fraction of sp³-hybridized carbons (Fsp3) is 0.947. The molecule has 0 bridgehead atoms. The summed E-state index contributed by atoms with van der Waals surface area (Å²) in [6, 6.07) is 0. The molecule has 2 atom stereocenters. The molecular formula is C19H38O5SSi. The summed E-state index contributed by atoms with van der Waals surface area (Å²) in [5.74, 6) is 0.369. The summed E-state index contributed by atoms with van der Waals surface area (Å²) in [4.78, 5) is 12.4.